The molecule has 0 fully saturated rings. The fraction of sp³-hybridized carbons (Fsp3) is 0.200. The predicted molar refractivity (Wildman–Crippen MR) is 73.1 cm³/mol. The average Bonchev–Trinajstić information content (AvgIpc) is 2.44. The van der Waals surface area contributed by atoms with Gasteiger partial charge in [0.05, 0.1) is 0 Å². The van der Waals surface area contributed by atoms with Gasteiger partial charge in [0, 0.05) is 18.2 Å². The number of phenols is 3. The van der Waals surface area contributed by atoms with E-state index in [-0.39, 0.29) is 29.9 Å². The topological polar surface area (TPSA) is 72.7 Å². The molecule has 2 aromatic carbocycles. The molecule has 4 N–H and O–H groups in total. The second-order valence-corrected chi connectivity index (χ2v) is 4.60. The van der Waals surface area contributed by atoms with Gasteiger partial charge < -0.3 is 20.6 Å². The summed E-state index contributed by atoms with van der Waals surface area (Å²) >= 11 is 0. The summed E-state index contributed by atoms with van der Waals surface area (Å²) in [5, 5.41) is 31.5. The Labute approximate surface area is 116 Å². The second kappa shape index (κ2) is 5.79. The summed E-state index contributed by atoms with van der Waals surface area (Å²) in [7, 11) is 0. The molecule has 0 amide bonds. The summed E-state index contributed by atoms with van der Waals surface area (Å²) in [5.41, 5.74) is 1.23. The lowest BCUT2D eigenvalue weighted by Gasteiger charge is -2.15. The first-order valence-electron chi connectivity index (χ1n) is 6.20. The first kappa shape index (κ1) is 14.1. The molecule has 106 valence electrons. The third kappa shape index (κ3) is 3.00. The van der Waals surface area contributed by atoms with Crippen LogP contribution in [0.2, 0.25) is 0 Å². The maximum Gasteiger partial charge on any atom is 0.200 e. The Kier molecular flexibility index (Phi) is 4.10. The molecule has 0 spiro atoms. The number of halogens is 1. The minimum atomic E-state index is -0.539. The van der Waals surface area contributed by atoms with Gasteiger partial charge in [-0.15, -0.1) is 0 Å². The van der Waals surface area contributed by atoms with Gasteiger partial charge in [-0.25, -0.2) is 4.39 Å². The van der Waals surface area contributed by atoms with Gasteiger partial charge in [-0.2, -0.15) is 0 Å². The fourth-order valence-corrected chi connectivity index (χ4v) is 1.91. The minimum absolute atomic E-state index is 0.124. The van der Waals surface area contributed by atoms with Gasteiger partial charge >= 0.3 is 0 Å². The molecular formula is C15H16FNO3. The molecule has 20 heavy (non-hydrogen) atoms. The van der Waals surface area contributed by atoms with E-state index in [1.54, 1.807) is 12.1 Å². The summed E-state index contributed by atoms with van der Waals surface area (Å²) in [6.45, 7) is 2.14. The van der Waals surface area contributed by atoms with Crippen molar-refractivity contribution in [2.45, 2.75) is 19.5 Å². The van der Waals surface area contributed by atoms with Crippen LogP contribution < -0.4 is 5.32 Å². The van der Waals surface area contributed by atoms with Crippen LogP contribution in [0, 0.1) is 5.82 Å². The predicted octanol–water partition coefficient (Wildman–Crippen LogP) is 2.79. The van der Waals surface area contributed by atoms with Crippen LogP contribution >= 0.6 is 0 Å². The fourth-order valence-electron chi connectivity index (χ4n) is 1.91. The van der Waals surface area contributed by atoms with Crippen molar-refractivity contribution >= 4 is 0 Å². The molecule has 0 unspecified atom stereocenters. The maximum absolute atomic E-state index is 13.1. The number of aromatic hydroxyl groups is 3. The standard InChI is InChI=1S/C15H16FNO3/c1-9(10-3-2-4-12(16)7-10)17-8-11-5-6-13(18)15(20)14(11)19/h2-7,9,17-20H,8H2,1H3/t9-/m1/s1. The number of phenolic OH excluding ortho intramolecular Hbond substituents is 3. The Morgan fingerprint density at radius 1 is 1.10 bits per heavy atom. The molecular weight excluding hydrogens is 261 g/mol. The summed E-state index contributed by atoms with van der Waals surface area (Å²) in [4.78, 5) is 0. The Morgan fingerprint density at radius 3 is 2.55 bits per heavy atom. The average molecular weight is 277 g/mol. The van der Waals surface area contributed by atoms with Crippen LogP contribution in [0.15, 0.2) is 36.4 Å². The van der Waals surface area contributed by atoms with Gasteiger partial charge in [0.1, 0.15) is 5.82 Å². The van der Waals surface area contributed by atoms with Gasteiger partial charge in [-0.1, -0.05) is 18.2 Å². The molecule has 5 heteroatoms. The highest BCUT2D eigenvalue weighted by Crippen LogP contribution is 2.37. The van der Waals surface area contributed by atoms with E-state index in [0.29, 0.717) is 5.56 Å². The second-order valence-electron chi connectivity index (χ2n) is 4.60. The molecule has 0 radical (unpaired) electrons. The quantitative estimate of drug-likeness (QED) is 0.648. The Morgan fingerprint density at radius 2 is 1.85 bits per heavy atom. The third-order valence-corrected chi connectivity index (χ3v) is 3.16. The summed E-state index contributed by atoms with van der Waals surface area (Å²) in [5.74, 6) is -1.57. The largest absolute Gasteiger partial charge is 0.504 e. The molecule has 4 nitrogen and oxygen atoms in total. The summed E-state index contributed by atoms with van der Waals surface area (Å²) in [6.07, 6.45) is 0. The van der Waals surface area contributed by atoms with Crippen molar-refractivity contribution in [3.8, 4) is 17.2 Å². The van der Waals surface area contributed by atoms with E-state index in [2.05, 4.69) is 5.32 Å². The first-order chi connectivity index (χ1) is 9.49. The van der Waals surface area contributed by atoms with Crippen LogP contribution in [-0.4, -0.2) is 15.3 Å². The van der Waals surface area contributed by atoms with Crippen LogP contribution in [0.5, 0.6) is 17.2 Å². The molecule has 0 heterocycles. The Bertz CT molecular complexity index is 616. The molecule has 2 aromatic rings. The normalized spacial score (nSPS) is 12.3. The lowest BCUT2D eigenvalue weighted by atomic mass is 10.1. The van der Waals surface area contributed by atoms with E-state index in [4.69, 9.17) is 0 Å². The lowest BCUT2D eigenvalue weighted by Crippen LogP contribution is -2.18. The first-order valence-corrected chi connectivity index (χ1v) is 6.20. The van der Waals surface area contributed by atoms with Gasteiger partial charge in [0.25, 0.3) is 0 Å². The van der Waals surface area contributed by atoms with Gasteiger partial charge in [-0.3, -0.25) is 0 Å². The van der Waals surface area contributed by atoms with E-state index in [9.17, 15) is 19.7 Å². The molecule has 0 saturated carbocycles. The summed E-state index contributed by atoms with van der Waals surface area (Å²) in [6, 6.07) is 8.93. The van der Waals surface area contributed by atoms with E-state index in [1.165, 1.54) is 24.3 Å². The molecule has 0 aliphatic rings. The highest BCUT2D eigenvalue weighted by Gasteiger charge is 2.12. The van der Waals surface area contributed by atoms with Crippen molar-refractivity contribution in [2.75, 3.05) is 0 Å². The third-order valence-electron chi connectivity index (χ3n) is 3.16. The number of nitrogens with one attached hydrogen (secondary N) is 1. The molecule has 0 aromatic heterocycles. The van der Waals surface area contributed by atoms with E-state index < -0.39 is 5.75 Å². The Hall–Kier alpha value is -2.27. The van der Waals surface area contributed by atoms with Crippen molar-refractivity contribution in [1.29, 1.82) is 0 Å². The molecule has 0 aliphatic carbocycles. The van der Waals surface area contributed by atoms with E-state index in [0.717, 1.165) is 5.56 Å². The van der Waals surface area contributed by atoms with Crippen LogP contribution in [0.3, 0.4) is 0 Å². The van der Waals surface area contributed by atoms with Crippen molar-refractivity contribution in [3.05, 3.63) is 53.3 Å². The van der Waals surface area contributed by atoms with Crippen LogP contribution in [0.1, 0.15) is 24.1 Å². The number of hydrogen-bond donors (Lipinski definition) is 4. The summed E-state index contributed by atoms with van der Waals surface area (Å²) < 4.78 is 13.1. The van der Waals surface area contributed by atoms with Crippen LogP contribution in [0.4, 0.5) is 4.39 Å². The van der Waals surface area contributed by atoms with Crippen molar-refractivity contribution in [1.82, 2.24) is 5.32 Å². The molecule has 1 atom stereocenters. The lowest BCUT2D eigenvalue weighted by molar-refractivity contribution is 0.363. The van der Waals surface area contributed by atoms with Crippen LogP contribution in [-0.2, 0) is 6.54 Å². The smallest absolute Gasteiger partial charge is 0.200 e. The molecule has 2 rings (SSSR count). The maximum atomic E-state index is 13.1. The number of hydrogen-bond acceptors (Lipinski definition) is 4. The van der Waals surface area contributed by atoms with Gasteiger partial charge in [0.15, 0.2) is 11.5 Å². The van der Waals surface area contributed by atoms with Gasteiger partial charge in [-0.05, 0) is 30.7 Å². The van der Waals surface area contributed by atoms with Crippen LogP contribution in [0.25, 0.3) is 0 Å². The van der Waals surface area contributed by atoms with Crippen molar-refractivity contribution in [3.63, 3.8) is 0 Å². The SMILES string of the molecule is C[C@@H](NCc1ccc(O)c(O)c1O)c1cccc(F)c1. The van der Waals surface area contributed by atoms with Crippen molar-refractivity contribution < 1.29 is 19.7 Å². The highest BCUT2D eigenvalue weighted by atomic mass is 19.1. The molecule has 0 saturated heterocycles. The zero-order valence-electron chi connectivity index (χ0n) is 11.0. The molecule has 0 bridgehead atoms. The van der Waals surface area contributed by atoms with Crippen molar-refractivity contribution in [2.24, 2.45) is 0 Å². The number of benzene rings is 2. The van der Waals surface area contributed by atoms with Gasteiger partial charge in [0.2, 0.25) is 5.75 Å². The zero-order valence-corrected chi connectivity index (χ0v) is 11.0. The minimum Gasteiger partial charge on any atom is -0.504 e. The van der Waals surface area contributed by atoms with E-state index in [1.807, 2.05) is 6.92 Å². The monoisotopic (exact) mass is 277 g/mol. The molecule has 0 aliphatic heterocycles. The van der Waals surface area contributed by atoms with E-state index >= 15 is 0 Å². The zero-order chi connectivity index (χ0) is 14.7. The number of rotatable bonds is 4. The highest BCUT2D eigenvalue weighted by molar-refractivity contribution is 5.53. The Balaban J connectivity index is 2.07.